The molecular weight excluding hydrogens is 1740 g/mol. The molecule has 0 N–H and O–H groups in total. The van der Waals surface area contributed by atoms with E-state index in [1.54, 1.807) is 20.8 Å². The molecule has 1 heterocycles. The van der Waals surface area contributed by atoms with Crippen molar-refractivity contribution in [1.29, 1.82) is 0 Å². The summed E-state index contributed by atoms with van der Waals surface area (Å²) in [6, 6.07) is 8.98. The molecule has 1 rings (SSSR count). The van der Waals surface area contributed by atoms with Crippen molar-refractivity contribution in [3.05, 3.63) is 36.5 Å². The second-order valence-electron chi connectivity index (χ2n) is 30.7. The van der Waals surface area contributed by atoms with E-state index in [-0.39, 0.29) is 96.4 Å². The van der Waals surface area contributed by atoms with Gasteiger partial charge in [-0.2, -0.15) is 0 Å². The number of alkyl halides is 4. The Balaban J connectivity index is -0.000000102. The SMILES string of the molecule is C.C.C.C.C.C.C=C(C)C(=O)OCCN(C)C.C=C(C)C(=O)OCC[N+](C)(C)CCCC[Si](C)(C)O[Si](C)(C)CCCC[N+](C)(C)CCOC(=O)C(=C)C.C[Si](C)(CCCCBr)O[Si](C)(C)CCCCBr.C[Si](C)(CCCCBr)O[Si](C)(C)CCCCBr.C[Si]1(C)CCCCO1.[Br-].[Br-]. The second-order valence-corrected chi connectivity index (χ2v) is 64.8. The van der Waals surface area contributed by atoms with Crippen molar-refractivity contribution < 1.29 is 88.3 Å². The van der Waals surface area contributed by atoms with Gasteiger partial charge in [0, 0.05) is 51.2 Å². The van der Waals surface area contributed by atoms with Gasteiger partial charge in [0.2, 0.25) is 0 Å². The minimum Gasteiger partial charge on any atom is -1.00 e. The predicted octanol–water partition coefficient (Wildman–Crippen LogP) is 17.4. The van der Waals surface area contributed by atoms with E-state index < -0.39 is 58.2 Å². The third kappa shape index (κ3) is 85.0. The van der Waals surface area contributed by atoms with Crippen molar-refractivity contribution in [1.82, 2.24) is 4.90 Å². The summed E-state index contributed by atoms with van der Waals surface area (Å²) < 4.78 is 42.6. The van der Waals surface area contributed by atoms with Gasteiger partial charge in [-0.05, 0) is 227 Å². The molecule has 26 heteroatoms. The predicted molar refractivity (Wildman–Crippen MR) is 465 cm³/mol. The highest BCUT2D eigenvalue weighted by Crippen LogP contribution is 2.28. The molecule has 1 saturated heterocycles. The summed E-state index contributed by atoms with van der Waals surface area (Å²) in [5.74, 6) is -0.922. The van der Waals surface area contributed by atoms with Crippen molar-refractivity contribution in [2.75, 3.05) is 123 Å². The maximum atomic E-state index is 11.6. The number of hydrogen-bond acceptors (Lipinski definition) is 11. The summed E-state index contributed by atoms with van der Waals surface area (Å²) >= 11 is 14.0. The number of unbranched alkanes of at least 4 members (excludes halogenated alkanes) is 6. The van der Waals surface area contributed by atoms with Crippen LogP contribution < -0.4 is 34.0 Å². The molecule has 0 amide bonds. The molecule has 1 aliphatic heterocycles. The van der Waals surface area contributed by atoms with E-state index in [2.05, 4.69) is 203 Å². The van der Waals surface area contributed by atoms with Gasteiger partial charge in [-0.15, -0.1) is 0 Å². The van der Waals surface area contributed by atoms with E-state index in [0.29, 0.717) is 36.5 Å². The van der Waals surface area contributed by atoms with Crippen LogP contribution in [0.2, 0.25) is 134 Å². The van der Waals surface area contributed by atoms with Crippen LogP contribution >= 0.6 is 63.7 Å². The molecule has 0 unspecified atom stereocenters. The molecular formula is C72H167Br6N3O10Si7. The Morgan fingerprint density at radius 1 is 0.418 bits per heavy atom. The van der Waals surface area contributed by atoms with Crippen LogP contribution in [0, 0.1) is 0 Å². The number of hydrogen-bond donors (Lipinski definition) is 0. The molecule has 0 aromatic heterocycles. The number of carbonyl (C=O) groups excluding carboxylic acids is 3. The van der Waals surface area contributed by atoms with Crippen molar-refractivity contribution in [3.8, 4) is 0 Å². The molecule has 13 nitrogen and oxygen atoms in total. The molecule has 0 aromatic rings. The van der Waals surface area contributed by atoms with Gasteiger partial charge >= 0.3 is 17.9 Å². The zero-order valence-corrected chi connectivity index (χ0v) is 79.9. The first-order chi connectivity index (χ1) is 41.2. The number of carbonyl (C=O) groups is 3. The largest absolute Gasteiger partial charge is 1.00 e. The summed E-state index contributed by atoms with van der Waals surface area (Å²) in [5.41, 5.74) is 1.35. The van der Waals surface area contributed by atoms with Gasteiger partial charge in [0.05, 0.1) is 41.3 Å². The van der Waals surface area contributed by atoms with Crippen molar-refractivity contribution in [2.24, 2.45) is 0 Å². The highest BCUT2D eigenvalue weighted by atomic mass is 79.9. The average Bonchev–Trinajstić information content (AvgIpc) is 0.897. The van der Waals surface area contributed by atoms with Gasteiger partial charge in [0.1, 0.15) is 32.9 Å². The standard InChI is InChI=1S/C28H58N2O5Si2.2C12H28Br2OSi2.C8H15NO2.C6H14OSi.6CH4.2BrH/c1-25(2)27(31)33-21-19-29(5,6)17-13-15-23-36(9,10)35-37(11,12)24-16-14-18-30(7,8)20-22-34-28(32)26(3)4;2*1-16(2,11-7-5-9-13)15-17(3,4)12-8-6-10-14;1-7(2)8(10)11-6-5-9(3)4;1-8(2)6-4-3-5-7-8;;;;;;;;/h1,3,13-24H2,2,4-12H3;2*5-12H2,1-4H3;1,5-6H2,2-4H3;3-6H2,1-2H3;6*1H4;2*1H/q+2;;;;;;;;;;;;/p-2. The maximum Gasteiger partial charge on any atom is 0.333 e. The Bertz CT molecular complexity index is 1810. The molecule has 1 aliphatic rings. The number of ether oxygens (including phenoxy) is 3. The topological polar surface area (TPSA) is 119 Å². The second kappa shape index (κ2) is 68.1. The highest BCUT2D eigenvalue weighted by molar-refractivity contribution is 9.09. The quantitative estimate of drug-likeness (QED) is 0.0110. The Labute approximate surface area is 675 Å². The van der Waals surface area contributed by atoms with Crippen LogP contribution in [0.25, 0.3) is 0 Å². The lowest BCUT2D eigenvalue weighted by atomic mass is 10.3. The van der Waals surface area contributed by atoms with Crippen LogP contribution in [-0.2, 0) is 45.4 Å². The van der Waals surface area contributed by atoms with Gasteiger partial charge in [-0.25, -0.2) is 14.4 Å². The Kier molecular flexibility index (Phi) is 87.7. The average molecular weight is 1910 g/mol. The first-order valence-corrected chi connectivity index (χ1v) is 60.2. The monoisotopic (exact) mass is 1900 g/mol. The molecule has 0 atom stereocenters. The van der Waals surface area contributed by atoms with E-state index in [9.17, 15) is 14.4 Å². The summed E-state index contributed by atoms with van der Waals surface area (Å²) in [5, 5.41) is 4.51. The number of halogens is 6. The molecule has 0 aromatic carbocycles. The Morgan fingerprint density at radius 3 is 0.837 bits per heavy atom. The van der Waals surface area contributed by atoms with Gasteiger partial charge in [0.15, 0.2) is 58.2 Å². The van der Waals surface area contributed by atoms with E-state index in [1.165, 1.54) is 119 Å². The molecule has 0 saturated carbocycles. The molecule has 0 aliphatic carbocycles. The minimum absolute atomic E-state index is 0. The van der Waals surface area contributed by atoms with Gasteiger partial charge < -0.3 is 78.8 Å². The third-order valence-corrected chi connectivity index (χ3v) is 42.6. The Morgan fingerprint density at radius 2 is 0.653 bits per heavy atom. The van der Waals surface area contributed by atoms with Crippen LogP contribution in [0.4, 0.5) is 0 Å². The summed E-state index contributed by atoms with van der Waals surface area (Å²) in [6.45, 7) is 55.7. The molecule has 98 heavy (non-hydrogen) atoms. The summed E-state index contributed by atoms with van der Waals surface area (Å²) in [4.78, 5) is 35.9. The zero-order valence-electron chi connectivity index (χ0n) is 63.4. The summed E-state index contributed by atoms with van der Waals surface area (Å²) in [7, 11) is 2.49. The zero-order chi connectivity index (χ0) is 70.5. The van der Waals surface area contributed by atoms with Crippen molar-refractivity contribution in [2.45, 2.75) is 289 Å². The van der Waals surface area contributed by atoms with Crippen LogP contribution in [0.3, 0.4) is 0 Å². The number of likely N-dealkylation sites (N-methyl/N-ethyl adjacent to an activating group) is 3. The number of quaternary nitrogens is 2. The van der Waals surface area contributed by atoms with E-state index in [1.807, 2.05) is 19.0 Å². The molecule has 0 spiro atoms. The normalized spacial score (nSPS) is 12.7. The van der Waals surface area contributed by atoms with Crippen molar-refractivity contribution in [3.63, 3.8) is 0 Å². The number of esters is 3. The first-order valence-electron chi connectivity index (χ1n) is 33.9. The molecule has 0 bridgehead atoms. The van der Waals surface area contributed by atoms with Gasteiger partial charge in [0.25, 0.3) is 0 Å². The van der Waals surface area contributed by atoms with E-state index in [4.69, 9.17) is 31.0 Å². The first kappa shape index (κ1) is 126. The fourth-order valence-electron chi connectivity index (χ4n) is 10.1. The van der Waals surface area contributed by atoms with Crippen LogP contribution in [0.5, 0.6) is 0 Å². The van der Waals surface area contributed by atoms with E-state index >= 15 is 0 Å². The highest BCUT2D eigenvalue weighted by Gasteiger charge is 2.35. The van der Waals surface area contributed by atoms with Crippen LogP contribution in [-0.4, -0.2) is 213 Å². The van der Waals surface area contributed by atoms with Gasteiger partial charge in [-0.3, -0.25) is 0 Å². The molecule has 1 fully saturated rings. The van der Waals surface area contributed by atoms with Crippen LogP contribution in [0.15, 0.2) is 36.5 Å². The lowest BCUT2D eigenvalue weighted by Gasteiger charge is -2.35. The van der Waals surface area contributed by atoms with Crippen molar-refractivity contribution >= 4 is 140 Å². The minimum atomic E-state index is -1.71. The lowest BCUT2D eigenvalue weighted by Crippen LogP contribution is -3.00. The fraction of sp³-hybridized carbons (Fsp3) is 0.875. The van der Waals surface area contributed by atoms with Crippen LogP contribution in [0.1, 0.15) is 155 Å². The van der Waals surface area contributed by atoms with E-state index in [0.717, 1.165) is 82.5 Å². The fourth-order valence-corrected chi connectivity index (χ4v) is 40.6. The maximum absolute atomic E-state index is 11.6. The number of nitrogens with zero attached hydrogens (tertiary/aromatic N) is 3. The van der Waals surface area contributed by atoms with Gasteiger partial charge in [-0.1, -0.05) is 160 Å². The molecule has 600 valence electrons. The molecule has 0 radical (unpaired) electrons. The summed E-state index contributed by atoms with van der Waals surface area (Å²) in [6.07, 6.45) is 17.7. The number of rotatable bonds is 44. The Hall–Kier alpha value is 1.75. The lowest BCUT2D eigenvalue weighted by molar-refractivity contribution is -0.890. The smallest absolute Gasteiger partial charge is 0.333 e. The third-order valence-electron chi connectivity index (χ3n) is 15.2.